The molecule has 1 N–H and O–H groups in total. The summed E-state index contributed by atoms with van der Waals surface area (Å²) in [6.45, 7) is 2.43. The Hall–Kier alpha value is -1.41. The Morgan fingerprint density at radius 1 is 1.45 bits per heavy atom. The fourth-order valence-corrected chi connectivity index (χ4v) is 3.62. The molecule has 1 aliphatic rings. The van der Waals surface area contributed by atoms with Crippen LogP contribution in [0.4, 0.5) is 0 Å². The van der Waals surface area contributed by atoms with Crippen molar-refractivity contribution in [2.45, 2.75) is 32.2 Å². The number of nitrogens with one attached hydrogen (secondary N) is 1. The minimum atomic E-state index is -3.12. The van der Waals surface area contributed by atoms with Crippen molar-refractivity contribution in [3.05, 3.63) is 18.7 Å². The van der Waals surface area contributed by atoms with E-state index < -0.39 is 10.0 Å². The van der Waals surface area contributed by atoms with Crippen molar-refractivity contribution in [3.8, 4) is 0 Å². The van der Waals surface area contributed by atoms with Gasteiger partial charge in [0.25, 0.3) is 0 Å². The molecule has 0 spiro atoms. The summed E-state index contributed by atoms with van der Waals surface area (Å²) < 4.78 is 26.6. The minimum absolute atomic E-state index is 0.0246. The van der Waals surface area contributed by atoms with Crippen molar-refractivity contribution in [3.63, 3.8) is 0 Å². The van der Waals surface area contributed by atoms with E-state index in [1.165, 1.54) is 10.6 Å². The van der Waals surface area contributed by atoms with Crippen LogP contribution in [0.2, 0.25) is 0 Å². The van der Waals surface area contributed by atoms with E-state index in [2.05, 4.69) is 10.3 Å². The van der Waals surface area contributed by atoms with Gasteiger partial charge in [0.2, 0.25) is 15.9 Å². The van der Waals surface area contributed by atoms with E-state index in [1.54, 1.807) is 12.5 Å². The minimum Gasteiger partial charge on any atom is -0.356 e. The van der Waals surface area contributed by atoms with Gasteiger partial charge in [-0.1, -0.05) is 0 Å². The van der Waals surface area contributed by atoms with E-state index in [1.807, 2.05) is 10.8 Å². The largest absolute Gasteiger partial charge is 0.356 e. The van der Waals surface area contributed by atoms with E-state index in [0.29, 0.717) is 26.1 Å². The molecule has 2 heterocycles. The highest BCUT2D eigenvalue weighted by Crippen LogP contribution is 2.17. The van der Waals surface area contributed by atoms with Crippen molar-refractivity contribution >= 4 is 15.9 Å². The maximum Gasteiger partial charge on any atom is 0.220 e. The van der Waals surface area contributed by atoms with Crippen LogP contribution in [0, 0.1) is 5.92 Å². The summed E-state index contributed by atoms with van der Waals surface area (Å²) >= 11 is 0. The number of rotatable bonds is 7. The van der Waals surface area contributed by atoms with Crippen LogP contribution in [0.1, 0.15) is 25.7 Å². The van der Waals surface area contributed by atoms with Crippen LogP contribution in [0.25, 0.3) is 0 Å². The number of piperidine rings is 1. The van der Waals surface area contributed by atoms with Crippen molar-refractivity contribution in [1.29, 1.82) is 0 Å². The fraction of sp³-hybridized carbons (Fsp3) is 0.714. The quantitative estimate of drug-likeness (QED) is 0.788. The van der Waals surface area contributed by atoms with Gasteiger partial charge in [-0.25, -0.2) is 17.7 Å². The second kappa shape index (κ2) is 7.73. The summed E-state index contributed by atoms with van der Waals surface area (Å²) in [5, 5.41) is 2.92. The van der Waals surface area contributed by atoms with Crippen molar-refractivity contribution in [2.75, 3.05) is 25.9 Å². The lowest BCUT2D eigenvalue weighted by Gasteiger charge is -2.30. The van der Waals surface area contributed by atoms with Gasteiger partial charge >= 0.3 is 0 Å². The first-order valence-electron chi connectivity index (χ1n) is 7.62. The van der Waals surface area contributed by atoms with Gasteiger partial charge < -0.3 is 9.88 Å². The molecule has 1 amide bonds. The number of aromatic nitrogens is 2. The molecule has 2 rings (SSSR count). The predicted molar refractivity (Wildman–Crippen MR) is 83.6 cm³/mol. The highest BCUT2D eigenvalue weighted by molar-refractivity contribution is 7.88. The smallest absolute Gasteiger partial charge is 0.220 e. The van der Waals surface area contributed by atoms with Gasteiger partial charge in [0, 0.05) is 45.0 Å². The molecule has 1 aliphatic heterocycles. The highest BCUT2D eigenvalue weighted by atomic mass is 32.2. The zero-order chi connectivity index (χ0) is 16.0. The molecule has 22 heavy (non-hydrogen) atoms. The fourth-order valence-electron chi connectivity index (χ4n) is 2.68. The third-order valence-corrected chi connectivity index (χ3v) is 5.19. The van der Waals surface area contributed by atoms with Crippen molar-refractivity contribution in [1.82, 2.24) is 19.2 Å². The van der Waals surface area contributed by atoms with Gasteiger partial charge in [-0.15, -0.1) is 0 Å². The summed E-state index contributed by atoms with van der Waals surface area (Å²) in [5.41, 5.74) is 0. The van der Waals surface area contributed by atoms with Crippen LogP contribution in [-0.4, -0.2) is 54.1 Å². The van der Waals surface area contributed by atoms with E-state index >= 15 is 0 Å². The third-order valence-electron chi connectivity index (χ3n) is 3.92. The van der Waals surface area contributed by atoms with E-state index in [-0.39, 0.29) is 11.8 Å². The SMILES string of the molecule is CS(=O)(=O)N1CCC[C@@H](CNC(=O)CCCn2ccnc2)C1. The Balaban J connectivity index is 1.65. The molecule has 7 nitrogen and oxygen atoms in total. The number of carbonyl (C=O) groups excluding carboxylic acids is 1. The molecule has 1 aromatic rings. The average molecular weight is 328 g/mol. The molecule has 0 aliphatic carbocycles. The number of hydrogen-bond donors (Lipinski definition) is 1. The first-order valence-corrected chi connectivity index (χ1v) is 9.47. The van der Waals surface area contributed by atoms with Gasteiger partial charge in [0.1, 0.15) is 0 Å². The standard InChI is InChI=1S/C14H24N4O3S/c1-22(20,21)18-8-2-4-13(11-18)10-16-14(19)5-3-7-17-9-6-15-12-17/h6,9,12-13H,2-5,7-8,10-11H2,1H3,(H,16,19)/t13-/m0/s1. The van der Waals surface area contributed by atoms with Crippen LogP contribution in [0.5, 0.6) is 0 Å². The molecule has 0 unspecified atom stereocenters. The molecule has 0 radical (unpaired) electrons. The van der Waals surface area contributed by atoms with Gasteiger partial charge in [-0.3, -0.25) is 4.79 Å². The molecule has 0 aromatic carbocycles. The second-order valence-corrected chi connectivity index (χ2v) is 7.82. The van der Waals surface area contributed by atoms with Crippen LogP contribution in [0.15, 0.2) is 18.7 Å². The summed E-state index contributed by atoms with van der Waals surface area (Å²) in [6.07, 6.45) is 9.62. The second-order valence-electron chi connectivity index (χ2n) is 5.84. The monoisotopic (exact) mass is 328 g/mol. The predicted octanol–water partition coefficient (Wildman–Crippen LogP) is 0.451. The molecular formula is C14H24N4O3S. The summed E-state index contributed by atoms with van der Waals surface area (Å²) in [6, 6.07) is 0. The zero-order valence-corrected chi connectivity index (χ0v) is 13.8. The molecule has 124 valence electrons. The topological polar surface area (TPSA) is 84.3 Å². The molecule has 1 fully saturated rings. The Bertz CT molecular complexity index is 571. The number of nitrogens with zero attached hydrogens (tertiary/aromatic N) is 3. The van der Waals surface area contributed by atoms with Gasteiger partial charge in [-0.2, -0.15) is 0 Å². The highest BCUT2D eigenvalue weighted by Gasteiger charge is 2.25. The average Bonchev–Trinajstić information content (AvgIpc) is 2.98. The first kappa shape index (κ1) is 17.0. The number of imidazole rings is 1. The maximum absolute atomic E-state index is 11.8. The number of sulfonamides is 1. The molecule has 0 saturated carbocycles. The van der Waals surface area contributed by atoms with E-state index in [9.17, 15) is 13.2 Å². The number of carbonyl (C=O) groups is 1. The Kier molecular flexibility index (Phi) is 5.96. The Morgan fingerprint density at radius 2 is 2.27 bits per heavy atom. The van der Waals surface area contributed by atoms with Gasteiger partial charge in [0.05, 0.1) is 12.6 Å². The zero-order valence-electron chi connectivity index (χ0n) is 12.9. The van der Waals surface area contributed by atoms with Crippen LogP contribution in [0.3, 0.4) is 0 Å². The lowest BCUT2D eigenvalue weighted by Crippen LogP contribution is -2.43. The molecule has 1 saturated heterocycles. The molecule has 1 aromatic heterocycles. The Morgan fingerprint density at radius 3 is 2.95 bits per heavy atom. The summed E-state index contributed by atoms with van der Waals surface area (Å²) in [7, 11) is -3.12. The van der Waals surface area contributed by atoms with Crippen molar-refractivity contribution in [2.24, 2.45) is 5.92 Å². The molecular weight excluding hydrogens is 304 g/mol. The Labute approximate surface area is 131 Å². The van der Waals surface area contributed by atoms with Gasteiger partial charge in [0.15, 0.2) is 0 Å². The summed E-state index contributed by atoms with van der Waals surface area (Å²) in [5.74, 6) is 0.234. The normalized spacial score (nSPS) is 20.0. The maximum atomic E-state index is 11.8. The molecule has 8 heteroatoms. The van der Waals surface area contributed by atoms with Crippen LogP contribution >= 0.6 is 0 Å². The number of hydrogen-bond acceptors (Lipinski definition) is 4. The molecule has 1 atom stereocenters. The first-order chi connectivity index (χ1) is 10.4. The third kappa shape index (κ3) is 5.42. The molecule has 0 bridgehead atoms. The van der Waals surface area contributed by atoms with E-state index in [0.717, 1.165) is 25.8 Å². The van der Waals surface area contributed by atoms with E-state index in [4.69, 9.17) is 0 Å². The lowest BCUT2D eigenvalue weighted by atomic mass is 10.00. The number of aryl methyl sites for hydroxylation is 1. The summed E-state index contributed by atoms with van der Waals surface area (Å²) in [4.78, 5) is 15.8. The van der Waals surface area contributed by atoms with Crippen LogP contribution < -0.4 is 5.32 Å². The lowest BCUT2D eigenvalue weighted by molar-refractivity contribution is -0.121. The van der Waals surface area contributed by atoms with Crippen LogP contribution in [-0.2, 0) is 21.4 Å². The van der Waals surface area contributed by atoms with Gasteiger partial charge in [-0.05, 0) is 25.2 Å². The number of amides is 1. The van der Waals surface area contributed by atoms with Crippen molar-refractivity contribution < 1.29 is 13.2 Å².